The summed E-state index contributed by atoms with van der Waals surface area (Å²) >= 11 is 1.76. The van der Waals surface area contributed by atoms with Gasteiger partial charge in [-0.2, -0.15) is 0 Å². The van der Waals surface area contributed by atoms with Gasteiger partial charge in [0.1, 0.15) is 0 Å². The van der Waals surface area contributed by atoms with Crippen LogP contribution in [0.15, 0.2) is 35.7 Å². The van der Waals surface area contributed by atoms with E-state index in [1.165, 1.54) is 10.4 Å². The minimum absolute atomic E-state index is 0.0172. The Morgan fingerprint density at radius 1 is 1.37 bits per heavy atom. The normalized spacial score (nSPS) is 17.8. The summed E-state index contributed by atoms with van der Waals surface area (Å²) in [7, 11) is 0. The van der Waals surface area contributed by atoms with Gasteiger partial charge in [0.25, 0.3) is 0 Å². The van der Waals surface area contributed by atoms with E-state index in [1.807, 2.05) is 18.2 Å². The summed E-state index contributed by atoms with van der Waals surface area (Å²) in [5.74, 6) is 0.0568. The lowest BCUT2D eigenvalue weighted by Gasteiger charge is -2.21. The molecule has 0 aliphatic heterocycles. The molecule has 1 aliphatic rings. The highest BCUT2D eigenvalue weighted by atomic mass is 32.1. The number of amides is 1. The zero-order chi connectivity index (χ0) is 13.2. The van der Waals surface area contributed by atoms with Crippen LogP contribution in [-0.4, -0.2) is 5.91 Å². The molecule has 1 aliphatic carbocycles. The molecule has 1 heterocycles. The predicted octanol–water partition coefficient (Wildman–Crippen LogP) is 3.39. The molecule has 1 aromatic carbocycles. The molecule has 3 nitrogen and oxygen atoms in total. The summed E-state index contributed by atoms with van der Waals surface area (Å²) in [6, 6.07) is 9.40. The van der Waals surface area contributed by atoms with Crippen LogP contribution in [0.4, 0.5) is 11.4 Å². The summed E-state index contributed by atoms with van der Waals surface area (Å²) in [4.78, 5) is 13.8. The van der Waals surface area contributed by atoms with E-state index in [0.29, 0.717) is 5.69 Å². The molecule has 4 heteroatoms. The Balaban J connectivity index is 1.79. The maximum absolute atomic E-state index is 12.4. The van der Waals surface area contributed by atoms with Gasteiger partial charge in [-0.3, -0.25) is 4.79 Å². The third-order valence-electron chi connectivity index (χ3n) is 3.52. The van der Waals surface area contributed by atoms with E-state index in [0.717, 1.165) is 24.9 Å². The second kappa shape index (κ2) is 5.05. The SMILES string of the molecule is Nc1cccc(NC(=O)C2CCCc3sccc32)c1. The molecule has 3 N–H and O–H groups in total. The van der Waals surface area contributed by atoms with Gasteiger partial charge < -0.3 is 11.1 Å². The molecular weight excluding hydrogens is 256 g/mol. The predicted molar refractivity (Wildman–Crippen MR) is 79.5 cm³/mol. The summed E-state index contributed by atoms with van der Waals surface area (Å²) in [5, 5.41) is 5.05. The second-order valence-corrected chi connectivity index (χ2v) is 5.86. The highest BCUT2D eigenvalue weighted by molar-refractivity contribution is 7.10. The van der Waals surface area contributed by atoms with E-state index in [4.69, 9.17) is 5.73 Å². The molecular formula is C15H16N2OS. The van der Waals surface area contributed by atoms with Crippen LogP contribution in [-0.2, 0) is 11.2 Å². The number of hydrogen-bond donors (Lipinski definition) is 2. The van der Waals surface area contributed by atoms with Crippen molar-refractivity contribution in [2.45, 2.75) is 25.2 Å². The Labute approximate surface area is 116 Å². The van der Waals surface area contributed by atoms with Gasteiger partial charge in [0, 0.05) is 16.3 Å². The molecule has 0 saturated heterocycles. The number of hydrogen-bond acceptors (Lipinski definition) is 3. The lowest BCUT2D eigenvalue weighted by Crippen LogP contribution is -2.23. The topological polar surface area (TPSA) is 55.1 Å². The number of nitrogen functional groups attached to an aromatic ring is 1. The molecule has 1 aromatic heterocycles. The summed E-state index contributed by atoms with van der Waals surface area (Å²) < 4.78 is 0. The number of thiophene rings is 1. The fourth-order valence-electron chi connectivity index (χ4n) is 2.60. The minimum Gasteiger partial charge on any atom is -0.399 e. The van der Waals surface area contributed by atoms with Gasteiger partial charge in [0.2, 0.25) is 5.91 Å². The largest absolute Gasteiger partial charge is 0.399 e. The number of nitrogens with one attached hydrogen (secondary N) is 1. The number of carbonyl (C=O) groups is 1. The molecule has 3 rings (SSSR count). The number of anilines is 2. The average molecular weight is 272 g/mol. The first kappa shape index (κ1) is 12.2. The monoisotopic (exact) mass is 272 g/mol. The third kappa shape index (κ3) is 2.49. The van der Waals surface area contributed by atoms with Crippen LogP contribution in [0.5, 0.6) is 0 Å². The number of benzene rings is 1. The molecule has 2 aromatic rings. The van der Waals surface area contributed by atoms with Crippen LogP contribution >= 0.6 is 11.3 Å². The average Bonchev–Trinajstić information content (AvgIpc) is 2.86. The zero-order valence-electron chi connectivity index (χ0n) is 10.6. The summed E-state index contributed by atoms with van der Waals surface area (Å²) in [5.41, 5.74) is 8.36. The Morgan fingerprint density at radius 3 is 3.11 bits per heavy atom. The van der Waals surface area contributed by atoms with Crippen molar-refractivity contribution in [1.82, 2.24) is 0 Å². The molecule has 0 saturated carbocycles. The van der Waals surface area contributed by atoms with Crippen molar-refractivity contribution in [2.75, 3.05) is 11.1 Å². The number of rotatable bonds is 2. The quantitative estimate of drug-likeness (QED) is 0.823. The van der Waals surface area contributed by atoms with Crippen LogP contribution in [0.1, 0.15) is 29.2 Å². The van der Waals surface area contributed by atoms with E-state index in [2.05, 4.69) is 16.8 Å². The van der Waals surface area contributed by atoms with E-state index < -0.39 is 0 Å². The smallest absolute Gasteiger partial charge is 0.231 e. The molecule has 98 valence electrons. The van der Waals surface area contributed by atoms with Crippen molar-refractivity contribution >= 4 is 28.6 Å². The maximum atomic E-state index is 12.4. The van der Waals surface area contributed by atoms with Crippen molar-refractivity contribution in [3.63, 3.8) is 0 Å². The van der Waals surface area contributed by atoms with Crippen molar-refractivity contribution in [3.05, 3.63) is 46.2 Å². The fourth-order valence-corrected chi connectivity index (χ4v) is 3.59. The third-order valence-corrected chi connectivity index (χ3v) is 4.52. The van der Waals surface area contributed by atoms with Crippen molar-refractivity contribution in [2.24, 2.45) is 0 Å². The first-order chi connectivity index (χ1) is 9.24. The molecule has 1 amide bonds. The highest BCUT2D eigenvalue weighted by Crippen LogP contribution is 2.35. The second-order valence-electron chi connectivity index (χ2n) is 4.86. The van der Waals surface area contributed by atoms with Crippen molar-refractivity contribution in [3.8, 4) is 0 Å². The van der Waals surface area contributed by atoms with E-state index >= 15 is 0 Å². The zero-order valence-corrected chi connectivity index (χ0v) is 11.4. The Bertz CT molecular complexity index is 606. The van der Waals surface area contributed by atoms with Gasteiger partial charge in [-0.15, -0.1) is 11.3 Å². The molecule has 1 atom stereocenters. The minimum atomic E-state index is -0.0172. The van der Waals surface area contributed by atoms with Crippen LogP contribution in [0.2, 0.25) is 0 Å². The number of carbonyl (C=O) groups excluding carboxylic acids is 1. The van der Waals surface area contributed by atoms with Gasteiger partial charge in [0.15, 0.2) is 0 Å². The highest BCUT2D eigenvalue weighted by Gasteiger charge is 2.27. The van der Waals surface area contributed by atoms with Crippen molar-refractivity contribution in [1.29, 1.82) is 0 Å². The van der Waals surface area contributed by atoms with Gasteiger partial charge in [0.05, 0.1) is 5.92 Å². The Hall–Kier alpha value is -1.81. The van der Waals surface area contributed by atoms with Gasteiger partial charge >= 0.3 is 0 Å². The Morgan fingerprint density at radius 2 is 2.26 bits per heavy atom. The molecule has 0 spiro atoms. The number of fused-ring (bicyclic) bond motifs is 1. The van der Waals surface area contributed by atoms with Gasteiger partial charge in [-0.25, -0.2) is 0 Å². The number of aryl methyl sites for hydroxylation is 1. The van der Waals surface area contributed by atoms with E-state index in [-0.39, 0.29) is 11.8 Å². The standard InChI is InChI=1S/C15H16N2OS/c16-10-3-1-4-11(9-10)17-15(18)13-5-2-6-14-12(13)7-8-19-14/h1,3-4,7-9,13H,2,5-6,16H2,(H,17,18). The van der Waals surface area contributed by atoms with Crippen molar-refractivity contribution < 1.29 is 4.79 Å². The van der Waals surface area contributed by atoms with E-state index in [1.54, 1.807) is 17.4 Å². The number of nitrogens with two attached hydrogens (primary N) is 1. The Kier molecular flexibility index (Phi) is 3.25. The van der Waals surface area contributed by atoms with Crippen LogP contribution in [0.25, 0.3) is 0 Å². The van der Waals surface area contributed by atoms with Crippen LogP contribution in [0.3, 0.4) is 0 Å². The van der Waals surface area contributed by atoms with Gasteiger partial charge in [-0.05, 0) is 54.5 Å². The summed E-state index contributed by atoms with van der Waals surface area (Å²) in [6.07, 6.45) is 3.12. The lowest BCUT2D eigenvalue weighted by atomic mass is 9.87. The maximum Gasteiger partial charge on any atom is 0.231 e. The lowest BCUT2D eigenvalue weighted by molar-refractivity contribution is -0.117. The first-order valence-corrected chi connectivity index (χ1v) is 7.34. The molecule has 19 heavy (non-hydrogen) atoms. The fraction of sp³-hybridized carbons (Fsp3) is 0.267. The first-order valence-electron chi connectivity index (χ1n) is 6.47. The van der Waals surface area contributed by atoms with Crippen LogP contribution < -0.4 is 11.1 Å². The van der Waals surface area contributed by atoms with Gasteiger partial charge in [-0.1, -0.05) is 6.07 Å². The van der Waals surface area contributed by atoms with Crippen LogP contribution in [0, 0.1) is 0 Å². The molecule has 0 radical (unpaired) electrons. The molecule has 1 unspecified atom stereocenters. The summed E-state index contributed by atoms with van der Waals surface area (Å²) in [6.45, 7) is 0. The molecule has 0 bridgehead atoms. The molecule has 0 fully saturated rings. The van der Waals surface area contributed by atoms with E-state index in [9.17, 15) is 4.79 Å².